The molecule has 0 fully saturated rings. The maximum Gasteiger partial charge on any atom is 0.410 e. The Morgan fingerprint density at radius 2 is 1.47 bits per heavy atom. The first-order valence-corrected chi connectivity index (χ1v) is 16.0. The summed E-state index contributed by atoms with van der Waals surface area (Å²) in [7, 11) is 3.66. The van der Waals surface area contributed by atoms with Gasteiger partial charge in [-0.15, -0.1) is 0 Å². The maximum atomic E-state index is 13.5. The summed E-state index contributed by atoms with van der Waals surface area (Å²) >= 11 is 6.90. The number of nitrogens with one attached hydrogen (secondary N) is 3. The van der Waals surface area contributed by atoms with Crippen molar-refractivity contribution >= 4 is 40.9 Å². The van der Waals surface area contributed by atoms with E-state index in [4.69, 9.17) is 16.3 Å². The van der Waals surface area contributed by atoms with E-state index in [9.17, 15) is 14.4 Å². The third-order valence-corrected chi connectivity index (χ3v) is 8.97. The summed E-state index contributed by atoms with van der Waals surface area (Å²) < 4.78 is 9.16. The van der Waals surface area contributed by atoms with Crippen LogP contribution < -0.4 is 16.0 Å². The number of halogens is 1. The number of rotatable bonds is 5. The molecule has 0 atom stereocenters. The third-order valence-electron chi connectivity index (χ3n) is 8.56. The van der Waals surface area contributed by atoms with Crippen LogP contribution in [0.25, 0.3) is 11.1 Å². The van der Waals surface area contributed by atoms with Crippen molar-refractivity contribution < 1.29 is 19.1 Å². The topological polar surface area (TPSA) is 135 Å². The highest BCUT2D eigenvalue weighted by Crippen LogP contribution is 2.38. The minimum atomic E-state index is -0.602. The SMILES string of the molecule is Cc1c(NC(=O)c2nc3c(n2C)CCN(C(=O)OC(C)(C)C)C3)cccc1-c1cccc(NC(=O)c2nc3c(n2C)CCNC3)c1Cl. The zero-order valence-corrected chi connectivity index (χ0v) is 28.2. The van der Waals surface area contributed by atoms with Crippen LogP contribution in [0.15, 0.2) is 36.4 Å². The van der Waals surface area contributed by atoms with Gasteiger partial charge in [-0.3, -0.25) is 9.59 Å². The van der Waals surface area contributed by atoms with Crippen molar-refractivity contribution in [1.29, 1.82) is 0 Å². The van der Waals surface area contributed by atoms with Gasteiger partial charge in [-0.2, -0.15) is 0 Å². The van der Waals surface area contributed by atoms with E-state index in [1.54, 1.807) is 15.5 Å². The number of imidazole rings is 2. The molecular formula is C34H39ClN8O4. The van der Waals surface area contributed by atoms with E-state index >= 15 is 0 Å². The summed E-state index contributed by atoms with van der Waals surface area (Å²) in [6.07, 6.45) is 0.969. The number of benzene rings is 2. The Hall–Kier alpha value is -4.68. The highest BCUT2D eigenvalue weighted by molar-refractivity contribution is 6.36. The maximum absolute atomic E-state index is 13.5. The number of fused-ring (bicyclic) bond motifs is 2. The average Bonchev–Trinajstić information content (AvgIpc) is 3.55. The fourth-order valence-corrected chi connectivity index (χ4v) is 6.40. The standard InChI is InChI=1S/C34H39ClN8O4/c1-19-20(21-10-8-12-23(28(21)35)40-32(45)29-37-24-17-36-15-13-26(24)41(29)5)9-7-11-22(19)39-31(44)30-38-25-18-43(16-14-27(25)42(30)6)33(46)47-34(2,3)4/h7-12,36H,13-18H2,1-6H3,(H,39,44)(H,40,45). The average molecular weight is 659 g/mol. The molecule has 0 spiro atoms. The Labute approximate surface area is 278 Å². The highest BCUT2D eigenvalue weighted by atomic mass is 35.5. The molecule has 47 heavy (non-hydrogen) atoms. The van der Waals surface area contributed by atoms with Crippen LogP contribution in [0.1, 0.15) is 70.3 Å². The molecule has 13 heteroatoms. The fourth-order valence-electron chi connectivity index (χ4n) is 6.13. The smallest absolute Gasteiger partial charge is 0.410 e. The van der Waals surface area contributed by atoms with Gasteiger partial charge in [-0.05, 0) is 51.0 Å². The van der Waals surface area contributed by atoms with Crippen molar-refractivity contribution in [3.05, 3.63) is 81.4 Å². The van der Waals surface area contributed by atoms with Gasteiger partial charge in [0.25, 0.3) is 11.8 Å². The van der Waals surface area contributed by atoms with Crippen LogP contribution in [0.3, 0.4) is 0 Å². The molecule has 2 aromatic heterocycles. The second-order valence-electron chi connectivity index (χ2n) is 12.9. The molecule has 2 aliphatic heterocycles. The van der Waals surface area contributed by atoms with Gasteiger partial charge in [0.1, 0.15) is 5.60 Å². The Morgan fingerprint density at radius 3 is 2.13 bits per heavy atom. The van der Waals surface area contributed by atoms with Gasteiger partial charge in [-0.1, -0.05) is 35.9 Å². The van der Waals surface area contributed by atoms with Crippen LogP contribution in [0.2, 0.25) is 5.02 Å². The molecular weight excluding hydrogens is 620 g/mol. The van der Waals surface area contributed by atoms with Crippen molar-refractivity contribution in [3.8, 4) is 11.1 Å². The summed E-state index contributed by atoms with van der Waals surface area (Å²) in [6.45, 7) is 9.62. The van der Waals surface area contributed by atoms with E-state index < -0.39 is 11.7 Å². The van der Waals surface area contributed by atoms with Crippen molar-refractivity contribution in [1.82, 2.24) is 29.3 Å². The highest BCUT2D eigenvalue weighted by Gasteiger charge is 2.30. The molecule has 0 bridgehead atoms. The van der Waals surface area contributed by atoms with Crippen molar-refractivity contribution in [3.63, 3.8) is 0 Å². The molecule has 4 aromatic rings. The molecule has 0 aliphatic carbocycles. The lowest BCUT2D eigenvalue weighted by molar-refractivity contribution is 0.0220. The van der Waals surface area contributed by atoms with Crippen LogP contribution in [-0.4, -0.2) is 60.6 Å². The molecule has 3 amide bonds. The molecule has 2 aromatic carbocycles. The quantitative estimate of drug-likeness (QED) is 0.267. The summed E-state index contributed by atoms with van der Waals surface area (Å²) in [5.41, 5.74) is 6.28. The first-order valence-electron chi connectivity index (χ1n) is 15.6. The first-order chi connectivity index (χ1) is 22.3. The minimum absolute atomic E-state index is 0.250. The molecule has 4 heterocycles. The van der Waals surface area contributed by atoms with Crippen LogP contribution in [0, 0.1) is 6.92 Å². The van der Waals surface area contributed by atoms with E-state index in [1.807, 2.05) is 76.7 Å². The number of hydrogen-bond acceptors (Lipinski definition) is 7. The van der Waals surface area contributed by atoms with Gasteiger partial charge in [0.2, 0.25) is 0 Å². The molecule has 6 rings (SSSR count). The number of carbonyl (C=O) groups excluding carboxylic acids is 3. The number of aromatic nitrogens is 4. The van der Waals surface area contributed by atoms with Crippen molar-refractivity contribution in [2.45, 2.75) is 59.2 Å². The summed E-state index contributed by atoms with van der Waals surface area (Å²) in [4.78, 5) is 50.3. The van der Waals surface area contributed by atoms with Crippen LogP contribution in [-0.2, 0) is 44.8 Å². The first kappa shape index (κ1) is 32.3. The number of carbonyl (C=O) groups is 3. The van der Waals surface area contributed by atoms with Gasteiger partial charge >= 0.3 is 6.09 Å². The van der Waals surface area contributed by atoms with E-state index in [-0.39, 0.29) is 24.2 Å². The molecule has 0 saturated carbocycles. The number of anilines is 2. The lowest BCUT2D eigenvalue weighted by atomic mass is 9.98. The van der Waals surface area contributed by atoms with Crippen LogP contribution >= 0.6 is 11.6 Å². The summed E-state index contributed by atoms with van der Waals surface area (Å²) in [5.74, 6) is -0.133. The molecule has 0 unspecified atom stereocenters. The number of nitrogens with zero attached hydrogens (tertiary/aromatic N) is 5. The van der Waals surface area contributed by atoms with Gasteiger partial charge < -0.3 is 34.7 Å². The van der Waals surface area contributed by atoms with Crippen LogP contribution in [0.5, 0.6) is 0 Å². The van der Waals surface area contributed by atoms with Gasteiger partial charge in [-0.25, -0.2) is 14.8 Å². The molecule has 2 aliphatic rings. The van der Waals surface area contributed by atoms with E-state index in [0.717, 1.165) is 41.2 Å². The van der Waals surface area contributed by atoms with E-state index in [1.165, 1.54) is 0 Å². The lowest BCUT2D eigenvalue weighted by Gasteiger charge is -2.29. The predicted molar refractivity (Wildman–Crippen MR) is 180 cm³/mol. The lowest BCUT2D eigenvalue weighted by Crippen LogP contribution is -2.40. The normalized spacial score (nSPS) is 14.3. The predicted octanol–water partition coefficient (Wildman–Crippen LogP) is 5.23. The Morgan fingerprint density at radius 1 is 0.872 bits per heavy atom. The number of hydrogen-bond donors (Lipinski definition) is 3. The largest absolute Gasteiger partial charge is 0.444 e. The molecule has 246 valence electrons. The number of amides is 3. The second kappa shape index (κ2) is 12.5. The summed E-state index contributed by atoms with van der Waals surface area (Å²) in [5, 5.41) is 9.61. The summed E-state index contributed by atoms with van der Waals surface area (Å²) in [6, 6.07) is 11.0. The van der Waals surface area contributed by atoms with E-state index in [2.05, 4.69) is 25.9 Å². The zero-order valence-electron chi connectivity index (χ0n) is 27.5. The monoisotopic (exact) mass is 658 g/mol. The Balaban J connectivity index is 1.20. The molecule has 0 saturated heterocycles. The zero-order chi connectivity index (χ0) is 33.6. The Bertz CT molecular complexity index is 1900. The Kier molecular flexibility index (Phi) is 8.58. The van der Waals surface area contributed by atoms with Crippen molar-refractivity contribution in [2.24, 2.45) is 14.1 Å². The van der Waals surface area contributed by atoms with Gasteiger partial charge in [0.05, 0.1) is 28.6 Å². The molecule has 12 nitrogen and oxygen atoms in total. The third kappa shape index (κ3) is 6.35. The van der Waals surface area contributed by atoms with Gasteiger partial charge in [0, 0.05) is 69.2 Å². The van der Waals surface area contributed by atoms with Crippen molar-refractivity contribution in [2.75, 3.05) is 23.7 Å². The van der Waals surface area contributed by atoms with Crippen LogP contribution in [0.4, 0.5) is 16.2 Å². The van der Waals surface area contributed by atoms with Gasteiger partial charge in [0.15, 0.2) is 11.6 Å². The second-order valence-corrected chi connectivity index (χ2v) is 13.3. The molecule has 0 radical (unpaired) electrons. The fraction of sp³-hybridized carbons (Fsp3) is 0.382. The molecule has 3 N–H and O–H groups in total. The van der Waals surface area contributed by atoms with E-state index in [0.29, 0.717) is 53.0 Å². The minimum Gasteiger partial charge on any atom is -0.444 e. The number of ether oxygens (including phenoxy) is 1.